The molecule has 0 bridgehead atoms. The number of Topliss-reactive ketones (excluding diaryl/α,β-unsaturated/α-hetero) is 1. The summed E-state index contributed by atoms with van der Waals surface area (Å²) in [5.74, 6) is 1.23. The molecular weight excluding hydrogens is 500 g/mol. The molecule has 8 heteroatoms. The second-order valence-electron chi connectivity index (χ2n) is 9.72. The summed E-state index contributed by atoms with van der Waals surface area (Å²) in [4.78, 5) is 35.6. The van der Waals surface area contributed by atoms with E-state index in [4.69, 9.17) is 9.36 Å². The van der Waals surface area contributed by atoms with Gasteiger partial charge >= 0.3 is 0 Å². The molecule has 0 atom stereocenters. The number of hydrogen-bond acceptors (Lipinski definition) is 7. The third-order valence-corrected chi connectivity index (χ3v) is 9.30. The Balaban J connectivity index is 1.14. The molecule has 4 aromatic rings. The van der Waals surface area contributed by atoms with E-state index < -0.39 is 0 Å². The van der Waals surface area contributed by atoms with Crippen LogP contribution in [0.2, 0.25) is 0 Å². The number of rotatable bonds is 5. The average Bonchev–Trinajstić information content (AvgIpc) is 3.68. The number of amides is 1. The van der Waals surface area contributed by atoms with Crippen LogP contribution in [0.3, 0.4) is 0 Å². The van der Waals surface area contributed by atoms with Gasteiger partial charge in [-0.05, 0) is 47.5 Å². The second-order valence-corrected chi connectivity index (χ2v) is 11.4. The molecule has 0 spiro atoms. The predicted molar refractivity (Wildman–Crippen MR) is 148 cm³/mol. The normalized spacial score (nSPS) is 17.7. The van der Waals surface area contributed by atoms with E-state index >= 15 is 0 Å². The van der Waals surface area contributed by atoms with Crippen molar-refractivity contribution < 1.29 is 9.59 Å². The highest BCUT2D eigenvalue weighted by Crippen LogP contribution is 2.43. The van der Waals surface area contributed by atoms with Gasteiger partial charge in [0.05, 0.1) is 5.41 Å². The zero-order chi connectivity index (χ0) is 25.2. The number of carbonyl (C=O) groups is 2. The van der Waals surface area contributed by atoms with Gasteiger partial charge in [-0.25, -0.2) is 4.98 Å². The van der Waals surface area contributed by atoms with E-state index in [-0.39, 0.29) is 11.3 Å². The van der Waals surface area contributed by atoms with Gasteiger partial charge in [-0.15, -0.1) is 11.3 Å². The van der Waals surface area contributed by atoms with Gasteiger partial charge in [0.1, 0.15) is 5.78 Å². The van der Waals surface area contributed by atoms with E-state index in [1.807, 2.05) is 53.4 Å². The summed E-state index contributed by atoms with van der Waals surface area (Å²) in [5.41, 5.74) is 2.74. The molecule has 2 aromatic heterocycles. The van der Waals surface area contributed by atoms with Crippen molar-refractivity contribution >= 4 is 39.7 Å². The first-order valence-corrected chi connectivity index (χ1v) is 14.4. The molecular formula is C29H28N4O2S2. The summed E-state index contributed by atoms with van der Waals surface area (Å²) < 4.78 is 4.82. The maximum atomic E-state index is 13.1. The Hall–Kier alpha value is -3.36. The average molecular weight is 529 g/mol. The first-order chi connectivity index (χ1) is 18.1. The van der Waals surface area contributed by atoms with E-state index in [1.165, 1.54) is 22.0 Å². The Labute approximate surface area is 224 Å². The van der Waals surface area contributed by atoms with Crippen LogP contribution in [0.5, 0.6) is 0 Å². The third kappa shape index (κ3) is 4.71. The lowest BCUT2D eigenvalue weighted by Crippen LogP contribution is -2.48. The number of piperazine rings is 1. The Kier molecular flexibility index (Phi) is 6.61. The fraction of sp³-hybridized carbons (Fsp3) is 0.310. The lowest BCUT2D eigenvalue weighted by molar-refractivity contribution is -0.121. The number of hydrogen-bond donors (Lipinski definition) is 0. The van der Waals surface area contributed by atoms with Crippen LogP contribution in [0.25, 0.3) is 10.4 Å². The number of thiophene rings is 1. The predicted octanol–water partition coefficient (Wildman–Crippen LogP) is 5.66. The van der Waals surface area contributed by atoms with Crippen molar-refractivity contribution in [2.24, 2.45) is 0 Å². The van der Waals surface area contributed by atoms with Gasteiger partial charge in [-0.3, -0.25) is 9.59 Å². The number of benzene rings is 2. The number of aromatic nitrogens is 2. The van der Waals surface area contributed by atoms with Gasteiger partial charge in [0.25, 0.3) is 5.91 Å². The largest absolute Gasteiger partial charge is 0.343 e. The summed E-state index contributed by atoms with van der Waals surface area (Å²) in [7, 11) is 0. The van der Waals surface area contributed by atoms with Gasteiger partial charge in [-0.1, -0.05) is 48.5 Å². The smallest absolute Gasteiger partial charge is 0.253 e. The molecule has 1 amide bonds. The third-order valence-electron chi connectivity index (χ3n) is 7.61. The number of anilines is 1. The van der Waals surface area contributed by atoms with Crippen LogP contribution in [0.4, 0.5) is 5.13 Å². The van der Waals surface area contributed by atoms with Gasteiger partial charge in [0.15, 0.2) is 5.82 Å². The van der Waals surface area contributed by atoms with Gasteiger partial charge in [-0.2, -0.15) is 4.37 Å². The summed E-state index contributed by atoms with van der Waals surface area (Å²) >= 11 is 3.13. The maximum absolute atomic E-state index is 13.1. The lowest BCUT2D eigenvalue weighted by atomic mass is 9.68. The zero-order valence-electron chi connectivity index (χ0n) is 20.5. The van der Waals surface area contributed by atoms with Gasteiger partial charge in [0, 0.05) is 61.0 Å². The zero-order valence-corrected chi connectivity index (χ0v) is 22.1. The summed E-state index contributed by atoms with van der Waals surface area (Å²) in [6.45, 7) is 2.76. The van der Waals surface area contributed by atoms with Crippen molar-refractivity contribution in [3.8, 4) is 10.4 Å². The molecule has 6 rings (SSSR count). The molecule has 1 aliphatic heterocycles. The Morgan fingerprint density at radius 2 is 1.59 bits per heavy atom. The molecule has 3 heterocycles. The van der Waals surface area contributed by atoms with E-state index in [1.54, 1.807) is 11.3 Å². The highest BCUT2D eigenvalue weighted by Gasteiger charge is 2.41. The van der Waals surface area contributed by atoms with Crippen LogP contribution >= 0.6 is 22.9 Å². The van der Waals surface area contributed by atoms with Crippen LogP contribution in [0.1, 0.15) is 47.4 Å². The minimum Gasteiger partial charge on any atom is -0.343 e. The number of nitrogens with zero attached hydrogens (tertiary/aromatic N) is 4. The minimum atomic E-state index is -0.309. The second kappa shape index (κ2) is 10.2. The highest BCUT2D eigenvalue weighted by atomic mass is 32.1. The summed E-state index contributed by atoms with van der Waals surface area (Å²) in [6.07, 6.45) is 2.64. The first-order valence-electron chi connectivity index (χ1n) is 12.7. The SMILES string of the molecule is O=C1CCC(c2ccccc2)(c2nsc(N3CCN(C(=O)c4ccc(-c5cccs5)cc4)CC3)n2)CC1. The molecule has 188 valence electrons. The summed E-state index contributed by atoms with van der Waals surface area (Å²) in [6, 6.07) is 22.4. The molecule has 1 saturated heterocycles. The standard InChI is InChI=1S/C29H28N4O2S2/c34-24-12-14-29(15-13-24,23-5-2-1-3-6-23)27-30-28(37-31-27)33-18-16-32(17-19-33)26(35)22-10-8-21(9-11-22)25-7-4-20-36-25/h1-11,20H,12-19H2. The Morgan fingerprint density at radius 1 is 0.865 bits per heavy atom. The molecule has 2 aromatic carbocycles. The number of carbonyl (C=O) groups excluding carboxylic acids is 2. The molecule has 0 unspecified atom stereocenters. The van der Waals surface area contributed by atoms with E-state index in [0.717, 1.165) is 48.0 Å². The van der Waals surface area contributed by atoms with Crippen molar-refractivity contribution in [1.29, 1.82) is 0 Å². The summed E-state index contributed by atoms with van der Waals surface area (Å²) in [5, 5.41) is 2.96. The molecule has 0 N–H and O–H groups in total. The molecule has 1 saturated carbocycles. The van der Waals surface area contributed by atoms with E-state index in [9.17, 15) is 9.59 Å². The van der Waals surface area contributed by atoms with Gasteiger partial charge in [0.2, 0.25) is 5.13 Å². The van der Waals surface area contributed by atoms with Crippen molar-refractivity contribution in [2.45, 2.75) is 31.1 Å². The van der Waals surface area contributed by atoms with Crippen LogP contribution in [0.15, 0.2) is 72.1 Å². The van der Waals surface area contributed by atoms with Crippen LogP contribution in [-0.2, 0) is 10.2 Å². The molecule has 0 radical (unpaired) electrons. The van der Waals surface area contributed by atoms with Crippen LogP contribution < -0.4 is 4.90 Å². The van der Waals surface area contributed by atoms with Crippen LogP contribution in [-0.4, -0.2) is 52.1 Å². The molecule has 1 aliphatic carbocycles. The minimum absolute atomic E-state index is 0.0743. The van der Waals surface area contributed by atoms with E-state index in [2.05, 4.69) is 28.5 Å². The van der Waals surface area contributed by atoms with E-state index in [0.29, 0.717) is 31.7 Å². The molecule has 6 nitrogen and oxygen atoms in total. The lowest BCUT2D eigenvalue weighted by Gasteiger charge is -2.35. The van der Waals surface area contributed by atoms with Crippen LogP contribution in [0, 0.1) is 0 Å². The monoisotopic (exact) mass is 528 g/mol. The fourth-order valence-electron chi connectivity index (χ4n) is 5.40. The maximum Gasteiger partial charge on any atom is 0.253 e. The quantitative estimate of drug-likeness (QED) is 0.335. The Morgan fingerprint density at radius 3 is 2.27 bits per heavy atom. The first kappa shape index (κ1) is 24.0. The fourth-order valence-corrected chi connectivity index (χ4v) is 6.94. The highest BCUT2D eigenvalue weighted by molar-refractivity contribution is 7.13. The Bertz CT molecular complexity index is 1370. The van der Waals surface area contributed by atoms with Gasteiger partial charge < -0.3 is 9.80 Å². The van der Waals surface area contributed by atoms with Crippen molar-refractivity contribution in [3.63, 3.8) is 0 Å². The topological polar surface area (TPSA) is 66.4 Å². The van der Waals surface area contributed by atoms with Crippen molar-refractivity contribution in [3.05, 3.63) is 89.1 Å². The molecule has 37 heavy (non-hydrogen) atoms. The van der Waals surface area contributed by atoms with Crippen molar-refractivity contribution in [1.82, 2.24) is 14.3 Å². The van der Waals surface area contributed by atoms with Crippen molar-refractivity contribution in [2.75, 3.05) is 31.1 Å². The number of ketones is 1. The molecule has 2 fully saturated rings. The molecule has 2 aliphatic rings.